The Morgan fingerprint density at radius 2 is 1.37 bits per heavy atom. The van der Waals surface area contributed by atoms with Gasteiger partial charge in [-0.3, -0.25) is 9.69 Å². The molecule has 0 saturated carbocycles. The average molecular weight is 632 g/mol. The molecule has 43 heavy (non-hydrogen) atoms. The third-order valence-electron chi connectivity index (χ3n) is 6.42. The largest absolute Gasteiger partial charge is 0.500 e. The number of carbonyl (C=O) groups excluding carboxylic acids is 1. The topological polar surface area (TPSA) is 136 Å². The van der Waals surface area contributed by atoms with Crippen LogP contribution in [0, 0.1) is 0 Å². The lowest BCUT2D eigenvalue weighted by Crippen LogP contribution is -2.47. The number of ketones is 1. The number of nitrogens with zero attached hydrogens (tertiary/aromatic N) is 1. The summed E-state index contributed by atoms with van der Waals surface area (Å²) >= 11 is 0. The Kier molecular flexibility index (Phi) is 20.4. The SMILES string of the molecule is CCCCOCC(O)CN(CCC[Si](OCC)(OCC)OCC)CC(O)COCCOc1ccc(C(=O)C(C)(C)O)cc1. The summed E-state index contributed by atoms with van der Waals surface area (Å²) in [7, 11) is -2.79. The van der Waals surface area contributed by atoms with Gasteiger partial charge >= 0.3 is 8.80 Å². The Morgan fingerprint density at radius 1 is 0.837 bits per heavy atom. The Bertz CT molecular complexity index is 835. The summed E-state index contributed by atoms with van der Waals surface area (Å²) in [5.74, 6) is 0.213. The first kappa shape index (κ1) is 39.6. The van der Waals surface area contributed by atoms with Crippen molar-refractivity contribution in [2.75, 3.05) is 72.5 Å². The van der Waals surface area contributed by atoms with Crippen molar-refractivity contribution in [3.8, 4) is 5.75 Å². The Morgan fingerprint density at radius 3 is 1.86 bits per heavy atom. The van der Waals surface area contributed by atoms with E-state index in [2.05, 4.69) is 6.92 Å². The molecule has 0 fully saturated rings. The van der Waals surface area contributed by atoms with E-state index in [0.717, 1.165) is 19.3 Å². The van der Waals surface area contributed by atoms with Gasteiger partial charge in [-0.25, -0.2) is 0 Å². The zero-order chi connectivity index (χ0) is 32.1. The second kappa shape index (κ2) is 22.1. The van der Waals surface area contributed by atoms with Gasteiger partial charge in [0.15, 0.2) is 5.78 Å². The quantitative estimate of drug-likeness (QED) is 0.0750. The lowest BCUT2D eigenvalue weighted by molar-refractivity contribution is -0.0140. The molecule has 0 aliphatic rings. The monoisotopic (exact) mass is 631 g/mol. The molecule has 1 aromatic carbocycles. The highest BCUT2D eigenvalue weighted by Gasteiger charge is 2.39. The summed E-state index contributed by atoms with van der Waals surface area (Å²) in [6.45, 7) is 15.1. The molecule has 0 heterocycles. The Hall–Kier alpha value is -1.45. The van der Waals surface area contributed by atoms with Gasteiger partial charge in [0.25, 0.3) is 0 Å². The van der Waals surface area contributed by atoms with Gasteiger partial charge in [0, 0.05) is 51.1 Å². The zero-order valence-electron chi connectivity index (χ0n) is 27.2. The molecular weight excluding hydrogens is 574 g/mol. The van der Waals surface area contributed by atoms with Crippen molar-refractivity contribution in [1.82, 2.24) is 4.90 Å². The van der Waals surface area contributed by atoms with E-state index < -0.39 is 26.6 Å². The number of Topliss-reactive ketones (excluding diaryl/α,β-unsaturated/α-hetero) is 1. The van der Waals surface area contributed by atoms with E-state index in [9.17, 15) is 20.1 Å². The minimum absolute atomic E-state index is 0.109. The fraction of sp³-hybridized carbons (Fsp3) is 0.774. The summed E-state index contributed by atoms with van der Waals surface area (Å²) in [6, 6.07) is 7.20. The van der Waals surface area contributed by atoms with Crippen molar-refractivity contribution < 1.29 is 47.6 Å². The Balaban J connectivity index is 2.59. The summed E-state index contributed by atoms with van der Waals surface area (Å²) in [6.07, 6.45) is 1.24. The number of aliphatic hydroxyl groups excluding tert-OH is 2. The molecule has 2 atom stereocenters. The van der Waals surface area contributed by atoms with Gasteiger partial charge in [0.2, 0.25) is 0 Å². The van der Waals surface area contributed by atoms with E-state index in [1.54, 1.807) is 24.3 Å². The predicted molar refractivity (Wildman–Crippen MR) is 168 cm³/mol. The highest BCUT2D eigenvalue weighted by atomic mass is 28.4. The lowest BCUT2D eigenvalue weighted by atomic mass is 9.97. The third kappa shape index (κ3) is 17.0. The smallest absolute Gasteiger partial charge is 0.491 e. The van der Waals surface area contributed by atoms with Crippen LogP contribution < -0.4 is 4.74 Å². The zero-order valence-corrected chi connectivity index (χ0v) is 28.2. The van der Waals surface area contributed by atoms with Gasteiger partial charge in [-0.2, -0.15) is 0 Å². The highest BCUT2D eigenvalue weighted by Crippen LogP contribution is 2.19. The van der Waals surface area contributed by atoms with Crippen LogP contribution in [0.3, 0.4) is 0 Å². The standard InChI is InChI=1S/C31H57NO10Si/c1-7-11-18-37-24-27(33)22-32(17-12-21-43(40-8-2,41-9-3)42-10-4)23-28(34)25-38-19-20-39-29-15-13-26(14-16-29)30(35)31(5,6)36/h13-16,27-28,33-34,36H,7-12,17-25H2,1-6H3. The molecule has 0 bridgehead atoms. The second-order valence-corrected chi connectivity index (χ2v) is 13.6. The van der Waals surface area contributed by atoms with Crippen LogP contribution in [0.2, 0.25) is 6.04 Å². The first-order valence-corrected chi connectivity index (χ1v) is 17.6. The van der Waals surface area contributed by atoms with E-state index in [4.69, 9.17) is 27.5 Å². The molecule has 1 rings (SSSR count). The lowest BCUT2D eigenvalue weighted by Gasteiger charge is -2.31. The van der Waals surface area contributed by atoms with E-state index in [1.165, 1.54) is 13.8 Å². The fourth-order valence-electron chi connectivity index (χ4n) is 4.44. The van der Waals surface area contributed by atoms with E-state index >= 15 is 0 Å². The van der Waals surface area contributed by atoms with Crippen LogP contribution in [-0.4, -0.2) is 125 Å². The minimum Gasteiger partial charge on any atom is -0.491 e. The minimum atomic E-state index is -2.79. The molecule has 0 spiro atoms. The molecule has 0 saturated heterocycles. The van der Waals surface area contributed by atoms with Gasteiger partial charge in [0.1, 0.15) is 18.0 Å². The molecule has 2 unspecified atom stereocenters. The molecule has 0 amide bonds. The maximum atomic E-state index is 12.2. The normalized spacial score (nSPS) is 13.8. The predicted octanol–water partition coefficient (Wildman–Crippen LogP) is 3.31. The number of hydrogen-bond donors (Lipinski definition) is 3. The van der Waals surface area contributed by atoms with Gasteiger partial charge in [0.05, 0.1) is 32.0 Å². The van der Waals surface area contributed by atoms with Gasteiger partial charge < -0.3 is 42.8 Å². The molecular formula is C31H57NO10Si. The first-order chi connectivity index (χ1) is 20.5. The van der Waals surface area contributed by atoms with Crippen LogP contribution in [0.25, 0.3) is 0 Å². The van der Waals surface area contributed by atoms with E-state index in [1.807, 2.05) is 25.7 Å². The first-order valence-electron chi connectivity index (χ1n) is 15.7. The highest BCUT2D eigenvalue weighted by molar-refractivity contribution is 6.60. The fourth-order valence-corrected chi connectivity index (χ4v) is 7.03. The number of benzene rings is 1. The summed E-state index contributed by atoms with van der Waals surface area (Å²) in [5.41, 5.74) is -1.03. The van der Waals surface area contributed by atoms with Crippen molar-refractivity contribution in [2.24, 2.45) is 0 Å². The van der Waals surface area contributed by atoms with Gasteiger partial charge in [-0.1, -0.05) is 13.3 Å². The van der Waals surface area contributed by atoms with Crippen molar-refractivity contribution in [1.29, 1.82) is 0 Å². The molecule has 0 aliphatic carbocycles. The Labute approximate surface area is 259 Å². The number of aliphatic hydroxyl groups is 3. The third-order valence-corrected chi connectivity index (χ3v) is 9.57. The van der Waals surface area contributed by atoms with Crippen molar-refractivity contribution in [2.45, 2.75) is 84.7 Å². The molecule has 12 heteroatoms. The maximum absolute atomic E-state index is 12.2. The van der Waals surface area contributed by atoms with Gasteiger partial charge in [-0.05, 0) is 78.3 Å². The molecule has 250 valence electrons. The summed E-state index contributed by atoms with van der Waals surface area (Å²) in [5, 5.41) is 31.2. The van der Waals surface area contributed by atoms with Gasteiger partial charge in [-0.15, -0.1) is 0 Å². The summed E-state index contributed by atoms with van der Waals surface area (Å²) < 4.78 is 34.8. The maximum Gasteiger partial charge on any atom is 0.500 e. The molecule has 0 aliphatic heterocycles. The van der Waals surface area contributed by atoms with Crippen LogP contribution in [0.5, 0.6) is 5.75 Å². The van der Waals surface area contributed by atoms with Crippen LogP contribution >= 0.6 is 0 Å². The molecule has 1 aromatic rings. The number of rotatable bonds is 27. The molecule has 0 radical (unpaired) electrons. The van der Waals surface area contributed by atoms with Crippen molar-refractivity contribution in [3.05, 3.63) is 29.8 Å². The van der Waals surface area contributed by atoms with Crippen LogP contribution in [0.4, 0.5) is 0 Å². The number of ether oxygens (including phenoxy) is 3. The number of unbranched alkanes of at least 4 members (excludes halogenated alkanes) is 1. The number of carbonyl (C=O) groups is 1. The van der Waals surface area contributed by atoms with Crippen LogP contribution in [0.15, 0.2) is 24.3 Å². The molecule has 11 nitrogen and oxygen atoms in total. The van der Waals surface area contributed by atoms with Crippen LogP contribution in [-0.2, 0) is 22.8 Å². The second-order valence-electron chi connectivity index (χ2n) is 10.9. The molecule has 0 aromatic heterocycles. The van der Waals surface area contributed by atoms with E-state index in [0.29, 0.717) is 63.4 Å². The average Bonchev–Trinajstić information content (AvgIpc) is 2.95. The van der Waals surface area contributed by atoms with Crippen LogP contribution in [0.1, 0.15) is 71.2 Å². The summed E-state index contributed by atoms with van der Waals surface area (Å²) in [4.78, 5) is 14.2. The molecule has 3 N–H and O–H groups in total. The van der Waals surface area contributed by atoms with Crippen molar-refractivity contribution >= 4 is 14.6 Å². The van der Waals surface area contributed by atoms with E-state index in [-0.39, 0.29) is 32.2 Å². The van der Waals surface area contributed by atoms with Crippen molar-refractivity contribution in [3.63, 3.8) is 0 Å². The number of hydrogen-bond acceptors (Lipinski definition) is 11.